The Kier molecular flexibility index (Phi) is 7.41. The van der Waals surface area contributed by atoms with Crippen molar-refractivity contribution in [2.75, 3.05) is 16.4 Å². The summed E-state index contributed by atoms with van der Waals surface area (Å²) in [5.41, 5.74) is 6.92. The van der Waals surface area contributed by atoms with E-state index in [0.717, 1.165) is 18.3 Å². The van der Waals surface area contributed by atoms with Crippen molar-refractivity contribution in [1.82, 2.24) is 19.9 Å². The molecule has 0 spiro atoms. The molecule has 5 aromatic rings. The second kappa shape index (κ2) is 11.3. The highest BCUT2D eigenvalue weighted by atomic mass is 19.4. The first-order chi connectivity index (χ1) is 19.7. The number of hydrogen-bond acceptors (Lipinski definition) is 7. The number of nitrogen functional groups attached to an aromatic ring is 1. The lowest BCUT2D eigenvalue weighted by Gasteiger charge is -2.15. The molecule has 13 heteroatoms. The maximum Gasteiger partial charge on any atom is 0.416 e. The van der Waals surface area contributed by atoms with Crippen molar-refractivity contribution < 1.29 is 27.1 Å². The van der Waals surface area contributed by atoms with Crippen molar-refractivity contribution in [3.8, 4) is 34.0 Å². The van der Waals surface area contributed by atoms with Crippen molar-refractivity contribution in [3.05, 3.63) is 103 Å². The molecular formula is C28H19F4N7O2. The summed E-state index contributed by atoms with van der Waals surface area (Å²) in [5, 5.41) is 4.93. The van der Waals surface area contributed by atoms with Crippen LogP contribution >= 0.6 is 0 Å². The number of nitrogens with zero attached hydrogens (tertiary/aromatic N) is 4. The van der Waals surface area contributed by atoms with Gasteiger partial charge in [0.05, 0.1) is 35.5 Å². The molecule has 2 amide bonds. The molecule has 5 rings (SSSR count). The number of aromatic nitrogens is 4. The molecule has 3 heterocycles. The number of benzene rings is 2. The van der Waals surface area contributed by atoms with Crippen LogP contribution in [0.25, 0.3) is 22.3 Å². The second-order valence-electron chi connectivity index (χ2n) is 8.55. The Labute approximate surface area is 230 Å². The summed E-state index contributed by atoms with van der Waals surface area (Å²) < 4.78 is 59.1. The molecule has 0 fully saturated rings. The van der Waals surface area contributed by atoms with Crippen LogP contribution in [-0.4, -0.2) is 26.0 Å². The van der Waals surface area contributed by atoms with Gasteiger partial charge in [0.1, 0.15) is 17.4 Å². The molecule has 0 aliphatic heterocycles. The predicted octanol–water partition coefficient (Wildman–Crippen LogP) is 6.78. The third kappa shape index (κ3) is 6.53. The first-order valence-corrected chi connectivity index (χ1v) is 11.9. The zero-order valence-corrected chi connectivity index (χ0v) is 20.9. The maximum atomic E-state index is 13.5. The van der Waals surface area contributed by atoms with Crippen LogP contribution in [0.1, 0.15) is 5.56 Å². The summed E-state index contributed by atoms with van der Waals surface area (Å²) in [6.45, 7) is 0. The molecule has 41 heavy (non-hydrogen) atoms. The number of pyridine rings is 2. The summed E-state index contributed by atoms with van der Waals surface area (Å²) >= 11 is 0. The summed E-state index contributed by atoms with van der Waals surface area (Å²) in [6, 6.07) is 13.3. The minimum absolute atomic E-state index is 0.0348. The van der Waals surface area contributed by atoms with Crippen molar-refractivity contribution >= 4 is 23.2 Å². The van der Waals surface area contributed by atoms with Gasteiger partial charge in [0.2, 0.25) is 0 Å². The van der Waals surface area contributed by atoms with Crippen molar-refractivity contribution in [1.29, 1.82) is 0 Å². The monoisotopic (exact) mass is 561 g/mol. The second-order valence-corrected chi connectivity index (χ2v) is 8.55. The number of hydrogen-bond donors (Lipinski definition) is 3. The molecule has 0 radical (unpaired) electrons. The molecule has 0 aliphatic rings. The predicted molar refractivity (Wildman–Crippen MR) is 143 cm³/mol. The smallest absolute Gasteiger partial charge is 0.416 e. The molecule has 206 valence electrons. The normalized spacial score (nSPS) is 11.1. The van der Waals surface area contributed by atoms with E-state index in [-0.39, 0.29) is 23.2 Å². The van der Waals surface area contributed by atoms with Crippen LogP contribution in [-0.2, 0) is 6.18 Å². The average Bonchev–Trinajstić information content (AvgIpc) is 2.96. The van der Waals surface area contributed by atoms with Gasteiger partial charge in [0.15, 0.2) is 0 Å². The molecule has 0 saturated heterocycles. The van der Waals surface area contributed by atoms with E-state index >= 15 is 0 Å². The van der Waals surface area contributed by atoms with Crippen molar-refractivity contribution in [3.63, 3.8) is 0 Å². The van der Waals surface area contributed by atoms with Gasteiger partial charge in [0.25, 0.3) is 0 Å². The number of alkyl halides is 3. The number of carbonyl (C=O) groups is 1. The molecule has 2 aromatic carbocycles. The van der Waals surface area contributed by atoms with Crippen LogP contribution in [0.2, 0.25) is 0 Å². The third-order valence-electron chi connectivity index (χ3n) is 5.71. The zero-order valence-electron chi connectivity index (χ0n) is 20.9. The van der Waals surface area contributed by atoms with Gasteiger partial charge in [-0.25, -0.2) is 24.1 Å². The van der Waals surface area contributed by atoms with Gasteiger partial charge in [0, 0.05) is 29.1 Å². The number of rotatable bonds is 6. The molecule has 0 saturated carbocycles. The SMILES string of the molecule is Nc1ncc(F)cc1-c1ccc(Oc2ncc(NC(=O)Nc3cc(C(F)(F)F)ccc3-c3cccnc3)cn2)cc1. The lowest BCUT2D eigenvalue weighted by Crippen LogP contribution is -2.20. The lowest BCUT2D eigenvalue weighted by atomic mass is 10.0. The van der Waals surface area contributed by atoms with Crippen molar-refractivity contribution in [2.24, 2.45) is 0 Å². The number of halogens is 4. The highest BCUT2D eigenvalue weighted by Crippen LogP contribution is 2.36. The van der Waals surface area contributed by atoms with Crippen LogP contribution in [0.15, 0.2) is 91.6 Å². The van der Waals surface area contributed by atoms with E-state index < -0.39 is 23.6 Å². The quantitative estimate of drug-likeness (QED) is 0.195. The topological polar surface area (TPSA) is 128 Å². The van der Waals surface area contributed by atoms with Gasteiger partial charge in [-0.3, -0.25) is 4.98 Å². The Morgan fingerprint density at radius 1 is 0.829 bits per heavy atom. The fourth-order valence-corrected chi connectivity index (χ4v) is 3.80. The maximum absolute atomic E-state index is 13.5. The van der Waals surface area contributed by atoms with Crippen LogP contribution in [0.5, 0.6) is 11.8 Å². The van der Waals surface area contributed by atoms with Gasteiger partial charge in [-0.05, 0) is 42.0 Å². The fourth-order valence-electron chi connectivity index (χ4n) is 3.80. The molecule has 3 aromatic heterocycles. The van der Waals surface area contributed by atoms with Crippen LogP contribution in [0, 0.1) is 5.82 Å². The zero-order chi connectivity index (χ0) is 29.0. The lowest BCUT2D eigenvalue weighted by molar-refractivity contribution is -0.137. The molecule has 0 atom stereocenters. The molecule has 0 aliphatic carbocycles. The summed E-state index contributed by atoms with van der Waals surface area (Å²) in [6.07, 6.45) is 1.96. The highest BCUT2D eigenvalue weighted by molar-refractivity contribution is 6.02. The summed E-state index contributed by atoms with van der Waals surface area (Å²) in [4.78, 5) is 28.5. The Morgan fingerprint density at radius 2 is 1.59 bits per heavy atom. The largest absolute Gasteiger partial charge is 0.424 e. The minimum Gasteiger partial charge on any atom is -0.424 e. The summed E-state index contributed by atoms with van der Waals surface area (Å²) in [7, 11) is 0. The molecule has 9 nitrogen and oxygen atoms in total. The Hall–Kier alpha value is -5.59. The average molecular weight is 561 g/mol. The molecule has 4 N–H and O–H groups in total. The number of carbonyl (C=O) groups excluding carboxylic acids is 1. The number of urea groups is 1. The van der Waals surface area contributed by atoms with Gasteiger partial charge < -0.3 is 21.1 Å². The van der Waals surface area contributed by atoms with Crippen LogP contribution < -0.4 is 21.1 Å². The number of nitrogens with one attached hydrogen (secondary N) is 2. The molecule has 0 bridgehead atoms. The standard InChI is InChI=1S/C28H19F4N7O2/c29-19-11-23(25(33)35-13-19)16-3-6-21(7-4-16)41-27-36-14-20(15-37-27)38-26(40)39-24-10-18(28(30,31)32)5-8-22(24)17-2-1-9-34-12-17/h1-15H,(H2,33,35)(H2,38,39,40). The van der Waals surface area contributed by atoms with E-state index in [1.54, 1.807) is 36.4 Å². The molecule has 0 unspecified atom stereocenters. The number of anilines is 3. The Balaban J connectivity index is 1.26. The minimum atomic E-state index is -4.60. The van der Waals surface area contributed by atoms with E-state index in [2.05, 4.69) is 30.6 Å². The van der Waals surface area contributed by atoms with E-state index in [9.17, 15) is 22.4 Å². The van der Waals surface area contributed by atoms with Crippen LogP contribution in [0.3, 0.4) is 0 Å². The van der Waals surface area contributed by atoms with Gasteiger partial charge >= 0.3 is 18.2 Å². The van der Waals surface area contributed by atoms with Crippen LogP contribution in [0.4, 0.5) is 39.5 Å². The van der Waals surface area contributed by atoms with Gasteiger partial charge in [-0.1, -0.05) is 24.3 Å². The van der Waals surface area contributed by atoms with E-state index in [0.29, 0.717) is 28.0 Å². The number of nitrogens with two attached hydrogens (primary N) is 1. The van der Waals surface area contributed by atoms with Gasteiger partial charge in [-0.15, -0.1) is 0 Å². The van der Waals surface area contributed by atoms with Gasteiger partial charge in [-0.2, -0.15) is 13.2 Å². The Bertz CT molecular complexity index is 1680. The first-order valence-electron chi connectivity index (χ1n) is 11.9. The Morgan fingerprint density at radius 3 is 2.27 bits per heavy atom. The van der Waals surface area contributed by atoms with E-state index in [4.69, 9.17) is 10.5 Å². The van der Waals surface area contributed by atoms with E-state index in [1.165, 1.54) is 36.9 Å². The number of ether oxygens (including phenoxy) is 1. The fraction of sp³-hybridized carbons (Fsp3) is 0.0357. The van der Waals surface area contributed by atoms with E-state index in [1.807, 2.05) is 0 Å². The number of amides is 2. The molecular weight excluding hydrogens is 542 g/mol. The third-order valence-corrected chi connectivity index (χ3v) is 5.71. The first kappa shape index (κ1) is 27.0. The summed E-state index contributed by atoms with van der Waals surface area (Å²) in [5.74, 6) is 0.0357. The van der Waals surface area contributed by atoms with Crippen molar-refractivity contribution in [2.45, 2.75) is 6.18 Å². The highest BCUT2D eigenvalue weighted by Gasteiger charge is 2.31.